The smallest absolute Gasteiger partial charge is 0.211 e. The maximum Gasteiger partial charge on any atom is 0.211 e. The van der Waals surface area contributed by atoms with E-state index in [1.54, 1.807) is 6.21 Å². The van der Waals surface area contributed by atoms with E-state index in [0.29, 0.717) is 0 Å². The summed E-state index contributed by atoms with van der Waals surface area (Å²) in [7, 11) is 0. The number of ether oxygens (including phenoxy) is 1. The average molecular weight is 234 g/mol. The predicted octanol–water partition coefficient (Wildman–Crippen LogP) is 1.47. The van der Waals surface area contributed by atoms with Crippen molar-refractivity contribution in [3.05, 3.63) is 29.8 Å². The van der Waals surface area contributed by atoms with Crippen molar-refractivity contribution in [2.75, 3.05) is 6.61 Å². The summed E-state index contributed by atoms with van der Waals surface area (Å²) in [6.07, 6.45) is 3.77. The highest BCUT2D eigenvalue weighted by Crippen LogP contribution is 2.11. The van der Waals surface area contributed by atoms with Crippen molar-refractivity contribution in [1.82, 2.24) is 0 Å². The van der Waals surface area contributed by atoms with Crippen LogP contribution in [0, 0.1) is 0 Å². The second kappa shape index (κ2) is 7.27. The molecule has 5 nitrogen and oxygen atoms in total. The van der Waals surface area contributed by atoms with Gasteiger partial charge in [0, 0.05) is 0 Å². The van der Waals surface area contributed by atoms with Crippen molar-refractivity contribution in [2.24, 2.45) is 21.7 Å². The van der Waals surface area contributed by atoms with Gasteiger partial charge in [-0.15, -0.1) is 5.10 Å². The molecule has 17 heavy (non-hydrogen) atoms. The first-order valence-corrected chi connectivity index (χ1v) is 5.57. The number of unbranched alkanes of at least 4 members (excludes halogenated alkanes) is 1. The molecule has 5 heteroatoms. The summed E-state index contributed by atoms with van der Waals surface area (Å²) in [5.41, 5.74) is 11.2. The topological polar surface area (TPSA) is 86.0 Å². The normalized spacial score (nSPS) is 10.4. The molecule has 0 unspecified atom stereocenters. The molecule has 0 heterocycles. The molecule has 0 fully saturated rings. The van der Waals surface area contributed by atoms with Gasteiger partial charge in [-0.3, -0.25) is 0 Å². The fourth-order valence-corrected chi connectivity index (χ4v) is 1.15. The molecule has 0 spiro atoms. The van der Waals surface area contributed by atoms with Crippen molar-refractivity contribution in [3.63, 3.8) is 0 Å². The Kier molecular flexibility index (Phi) is 5.57. The highest BCUT2D eigenvalue weighted by Gasteiger charge is 1.93. The van der Waals surface area contributed by atoms with Gasteiger partial charge >= 0.3 is 0 Å². The van der Waals surface area contributed by atoms with E-state index >= 15 is 0 Å². The van der Waals surface area contributed by atoms with Crippen LogP contribution in [0.3, 0.4) is 0 Å². The number of benzene rings is 1. The Morgan fingerprint density at radius 1 is 1.29 bits per heavy atom. The van der Waals surface area contributed by atoms with Crippen molar-refractivity contribution in [1.29, 1.82) is 0 Å². The summed E-state index contributed by atoms with van der Waals surface area (Å²) < 4.78 is 5.53. The Bertz CT molecular complexity index is 380. The maximum atomic E-state index is 5.53. The molecule has 0 aromatic heterocycles. The van der Waals surface area contributed by atoms with E-state index in [-0.39, 0.29) is 5.96 Å². The van der Waals surface area contributed by atoms with Crippen LogP contribution in [0.1, 0.15) is 25.3 Å². The van der Waals surface area contributed by atoms with Crippen molar-refractivity contribution < 1.29 is 4.74 Å². The van der Waals surface area contributed by atoms with E-state index < -0.39 is 0 Å². The molecule has 0 aliphatic carbocycles. The number of nitrogens with two attached hydrogens (primary N) is 2. The summed E-state index contributed by atoms with van der Waals surface area (Å²) >= 11 is 0. The minimum atomic E-state index is -0.0548. The fraction of sp³-hybridized carbons (Fsp3) is 0.333. The average Bonchev–Trinajstić information content (AvgIpc) is 2.31. The Morgan fingerprint density at radius 3 is 2.59 bits per heavy atom. The van der Waals surface area contributed by atoms with Gasteiger partial charge in [-0.05, 0) is 36.2 Å². The largest absolute Gasteiger partial charge is 0.494 e. The third-order valence-electron chi connectivity index (χ3n) is 2.03. The van der Waals surface area contributed by atoms with Crippen molar-refractivity contribution in [2.45, 2.75) is 19.8 Å². The lowest BCUT2D eigenvalue weighted by Gasteiger charge is -2.04. The van der Waals surface area contributed by atoms with Gasteiger partial charge in [0.1, 0.15) is 5.75 Å². The Balaban J connectivity index is 2.50. The minimum absolute atomic E-state index is 0.0548. The molecule has 0 bridgehead atoms. The second-order valence-electron chi connectivity index (χ2n) is 3.54. The van der Waals surface area contributed by atoms with E-state index in [1.807, 2.05) is 24.3 Å². The van der Waals surface area contributed by atoms with E-state index in [2.05, 4.69) is 17.1 Å². The standard InChI is InChI=1S/C12H18N4O/c1-2-3-8-17-11-6-4-10(5-7-11)9-15-16-12(13)14/h4-7,9H,2-3,8H2,1H3,(H4,13,14,16)/b15-9-. The molecule has 4 N–H and O–H groups in total. The highest BCUT2D eigenvalue weighted by atomic mass is 16.5. The van der Waals surface area contributed by atoms with Crippen LogP contribution in [0.5, 0.6) is 5.75 Å². The summed E-state index contributed by atoms with van der Waals surface area (Å²) in [4.78, 5) is 0. The lowest BCUT2D eigenvalue weighted by Crippen LogP contribution is -2.21. The van der Waals surface area contributed by atoms with Gasteiger partial charge in [-0.25, -0.2) is 0 Å². The molecule has 1 rings (SSSR count). The minimum Gasteiger partial charge on any atom is -0.494 e. The van der Waals surface area contributed by atoms with Gasteiger partial charge in [0.2, 0.25) is 5.96 Å². The summed E-state index contributed by atoms with van der Waals surface area (Å²) in [6, 6.07) is 7.58. The van der Waals surface area contributed by atoms with Crippen LogP contribution in [0.15, 0.2) is 34.5 Å². The quantitative estimate of drug-likeness (QED) is 0.338. The molecule has 0 atom stereocenters. The van der Waals surface area contributed by atoms with Crippen LogP contribution in [-0.2, 0) is 0 Å². The third-order valence-corrected chi connectivity index (χ3v) is 2.03. The summed E-state index contributed by atoms with van der Waals surface area (Å²) in [5.74, 6) is 0.804. The van der Waals surface area contributed by atoms with Gasteiger partial charge in [0.25, 0.3) is 0 Å². The molecular formula is C12H18N4O. The molecule has 0 aliphatic heterocycles. The van der Waals surface area contributed by atoms with E-state index in [9.17, 15) is 0 Å². The molecule has 92 valence electrons. The highest BCUT2D eigenvalue weighted by molar-refractivity contribution is 5.81. The molecule has 1 aromatic rings. The van der Waals surface area contributed by atoms with Gasteiger partial charge in [0.15, 0.2) is 0 Å². The molecule has 1 aromatic carbocycles. The lowest BCUT2D eigenvalue weighted by atomic mass is 10.2. The first-order chi connectivity index (χ1) is 8.22. The van der Waals surface area contributed by atoms with Gasteiger partial charge in [-0.2, -0.15) is 5.10 Å². The van der Waals surface area contributed by atoms with Crippen molar-refractivity contribution >= 4 is 12.2 Å². The number of hydrogen-bond donors (Lipinski definition) is 2. The van der Waals surface area contributed by atoms with Crippen LogP contribution < -0.4 is 16.2 Å². The van der Waals surface area contributed by atoms with Gasteiger partial charge < -0.3 is 16.2 Å². The van der Waals surface area contributed by atoms with Gasteiger partial charge in [-0.1, -0.05) is 13.3 Å². The zero-order valence-electron chi connectivity index (χ0n) is 9.97. The number of rotatable bonds is 6. The zero-order chi connectivity index (χ0) is 12.5. The van der Waals surface area contributed by atoms with Crippen LogP contribution in [0.2, 0.25) is 0 Å². The maximum absolute atomic E-state index is 5.53. The molecule has 0 amide bonds. The molecular weight excluding hydrogens is 216 g/mol. The fourth-order valence-electron chi connectivity index (χ4n) is 1.15. The SMILES string of the molecule is CCCCOc1ccc(/C=N\N=C(N)N)cc1. The lowest BCUT2D eigenvalue weighted by molar-refractivity contribution is 0.309. The number of guanidine groups is 1. The monoisotopic (exact) mass is 234 g/mol. The number of nitrogens with zero attached hydrogens (tertiary/aromatic N) is 2. The molecule has 0 aliphatic rings. The first-order valence-electron chi connectivity index (χ1n) is 5.57. The zero-order valence-corrected chi connectivity index (χ0v) is 9.97. The van der Waals surface area contributed by atoms with E-state index in [4.69, 9.17) is 16.2 Å². The molecule has 0 saturated heterocycles. The third kappa shape index (κ3) is 5.55. The van der Waals surface area contributed by atoms with E-state index in [0.717, 1.165) is 30.8 Å². The van der Waals surface area contributed by atoms with Crippen LogP contribution in [-0.4, -0.2) is 18.8 Å². The Hall–Kier alpha value is -2.04. The first kappa shape index (κ1) is 13.0. The number of hydrogen-bond acceptors (Lipinski definition) is 3. The van der Waals surface area contributed by atoms with Crippen LogP contribution >= 0.6 is 0 Å². The Labute approximate surface area is 101 Å². The van der Waals surface area contributed by atoms with Crippen LogP contribution in [0.4, 0.5) is 0 Å². The molecule has 0 radical (unpaired) electrons. The van der Waals surface area contributed by atoms with Gasteiger partial charge in [0.05, 0.1) is 12.8 Å². The summed E-state index contributed by atoms with van der Waals surface area (Å²) in [6.45, 7) is 2.88. The second-order valence-corrected chi connectivity index (χ2v) is 3.54. The predicted molar refractivity (Wildman–Crippen MR) is 70.2 cm³/mol. The van der Waals surface area contributed by atoms with Crippen molar-refractivity contribution in [3.8, 4) is 5.75 Å². The molecule has 0 saturated carbocycles. The summed E-state index contributed by atoms with van der Waals surface area (Å²) in [5, 5.41) is 7.23. The Morgan fingerprint density at radius 2 is 2.00 bits per heavy atom. The van der Waals surface area contributed by atoms with Crippen LogP contribution in [0.25, 0.3) is 0 Å². The van der Waals surface area contributed by atoms with E-state index in [1.165, 1.54) is 0 Å².